The third-order valence-corrected chi connectivity index (χ3v) is 4.72. The summed E-state index contributed by atoms with van der Waals surface area (Å²) in [5, 5.41) is 2.54. The molecular weight excluding hydrogens is 332 g/mol. The third-order valence-electron chi connectivity index (χ3n) is 4.72. The monoisotopic (exact) mass is 360 g/mol. The van der Waals surface area contributed by atoms with Gasteiger partial charge in [-0.2, -0.15) is 0 Å². The molecule has 1 aromatic carbocycles. The van der Waals surface area contributed by atoms with Gasteiger partial charge in [0.05, 0.1) is 0 Å². The molecule has 6 heteroatoms. The molecule has 0 bridgehead atoms. The Kier molecular flexibility index (Phi) is 6.77. The normalized spacial score (nSPS) is 19.8. The molecule has 0 aliphatic carbocycles. The molecule has 142 valence electrons. The molecule has 0 unspecified atom stereocenters. The Morgan fingerprint density at radius 3 is 2.23 bits per heavy atom. The number of rotatable bonds is 5. The van der Waals surface area contributed by atoms with Gasteiger partial charge in [-0.3, -0.25) is 14.4 Å². The molecular formula is C20H28N2O4. The molecule has 1 heterocycles. The van der Waals surface area contributed by atoms with Gasteiger partial charge in [-0.15, -0.1) is 0 Å². The van der Waals surface area contributed by atoms with Crippen LogP contribution in [-0.2, 0) is 14.3 Å². The maximum absolute atomic E-state index is 12.3. The number of nitrogens with zero attached hydrogens (tertiary/aromatic N) is 1. The van der Waals surface area contributed by atoms with E-state index in [-0.39, 0.29) is 37.0 Å². The van der Waals surface area contributed by atoms with Crippen LogP contribution >= 0.6 is 0 Å². The highest BCUT2D eigenvalue weighted by molar-refractivity contribution is 5.96. The zero-order chi connectivity index (χ0) is 19.3. The Morgan fingerprint density at radius 2 is 1.65 bits per heavy atom. The topological polar surface area (TPSA) is 75.7 Å². The number of amides is 2. The number of esters is 1. The quantitative estimate of drug-likeness (QED) is 0.818. The minimum atomic E-state index is -0.617. The fourth-order valence-corrected chi connectivity index (χ4v) is 3.54. The Hall–Kier alpha value is -2.37. The van der Waals surface area contributed by atoms with Crippen molar-refractivity contribution in [3.8, 4) is 0 Å². The largest absolute Gasteiger partial charge is 0.454 e. The van der Waals surface area contributed by atoms with Crippen LogP contribution < -0.4 is 5.32 Å². The van der Waals surface area contributed by atoms with E-state index in [1.54, 1.807) is 17.0 Å². The highest BCUT2D eigenvalue weighted by atomic mass is 16.5. The number of piperidine rings is 1. The van der Waals surface area contributed by atoms with Crippen molar-refractivity contribution in [3.63, 3.8) is 0 Å². The van der Waals surface area contributed by atoms with E-state index in [2.05, 4.69) is 5.32 Å². The standard InChI is InChI=1S/C20H28N2O4/c1-13-8-14(2)10-17(9-13)20(25)21-11-19(24)26-12-18(23)22-15(3)6-5-7-16(22)4/h8-10,15-16H,5-7,11-12H2,1-4H3,(H,21,25)/t15-,16+. The molecule has 1 aromatic rings. The van der Waals surface area contributed by atoms with E-state index < -0.39 is 5.97 Å². The van der Waals surface area contributed by atoms with Crippen LogP contribution in [0.1, 0.15) is 54.6 Å². The zero-order valence-electron chi connectivity index (χ0n) is 16.0. The highest BCUT2D eigenvalue weighted by Crippen LogP contribution is 2.22. The molecule has 0 radical (unpaired) electrons. The van der Waals surface area contributed by atoms with Crippen LogP contribution in [-0.4, -0.2) is 47.9 Å². The second-order valence-electron chi connectivity index (χ2n) is 7.15. The average Bonchev–Trinajstić information content (AvgIpc) is 2.56. The Bertz CT molecular complexity index is 656. The summed E-state index contributed by atoms with van der Waals surface area (Å²) in [6, 6.07) is 5.81. The van der Waals surface area contributed by atoms with Crippen molar-refractivity contribution in [2.24, 2.45) is 0 Å². The Balaban J connectivity index is 1.79. The van der Waals surface area contributed by atoms with Crippen LogP contribution in [0.2, 0.25) is 0 Å². The van der Waals surface area contributed by atoms with Gasteiger partial charge in [0.1, 0.15) is 6.54 Å². The predicted octanol–water partition coefficient (Wildman–Crippen LogP) is 2.37. The maximum atomic E-state index is 12.3. The van der Waals surface area contributed by atoms with E-state index in [4.69, 9.17) is 4.74 Å². The van der Waals surface area contributed by atoms with Gasteiger partial charge >= 0.3 is 5.97 Å². The van der Waals surface area contributed by atoms with Crippen LogP contribution in [0, 0.1) is 13.8 Å². The summed E-state index contributed by atoms with van der Waals surface area (Å²) in [4.78, 5) is 38.1. The smallest absolute Gasteiger partial charge is 0.325 e. The molecule has 1 aliphatic rings. The number of nitrogens with one attached hydrogen (secondary N) is 1. The lowest BCUT2D eigenvalue weighted by atomic mass is 9.97. The number of likely N-dealkylation sites (tertiary alicyclic amines) is 1. The van der Waals surface area contributed by atoms with Crippen molar-refractivity contribution in [1.29, 1.82) is 0 Å². The van der Waals surface area contributed by atoms with E-state index in [1.165, 1.54) is 0 Å². The van der Waals surface area contributed by atoms with Crippen molar-refractivity contribution in [3.05, 3.63) is 34.9 Å². The van der Waals surface area contributed by atoms with Crippen molar-refractivity contribution in [1.82, 2.24) is 10.2 Å². The number of benzene rings is 1. The number of hydrogen-bond acceptors (Lipinski definition) is 4. The van der Waals surface area contributed by atoms with Crippen LogP contribution in [0.5, 0.6) is 0 Å². The van der Waals surface area contributed by atoms with Crippen molar-refractivity contribution in [2.45, 2.75) is 59.0 Å². The third kappa shape index (κ3) is 5.31. The van der Waals surface area contributed by atoms with E-state index in [0.717, 1.165) is 30.4 Å². The fourth-order valence-electron chi connectivity index (χ4n) is 3.54. The molecule has 0 saturated carbocycles. The van der Waals surface area contributed by atoms with E-state index >= 15 is 0 Å². The van der Waals surface area contributed by atoms with Gasteiger partial charge in [0.25, 0.3) is 11.8 Å². The minimum absolute atomic E-state index is 0.161. The van der Waals surface area contributed by atoms with Gasteiger partial charge in [-0.1, -0.05) is 17.2 Å². The van der Waals surface area contributed by atoms with Crippen LogP contribution in [0.4, 0.5) is 0 Å². The molecule has 2 rings (SSSR count). The first-order valence-corrected chi connectivity index (χ1v) is 9.11. The molecule has 2 atom stereocenters. The van der Waals surface area contributed by atoms with Crippen LogP contribution in [0.25, 0.3) is 0 Å². The highest BCUT2D eigenvalue weighted by Gasteiger charge is 2.29. The second kappa shape index (κ2) is 8.83. The lowest BCUT2D eigenvalue weighted by molar-refractivity contribution is -0.154. The van der Waals surface area contributed by atoms with Crippen molar-refractivity contribution < 1.29 is 19.1 Å². The van der Waals surface area contributed by atoms with E-state index in [1.807, 2.05) is 33.8 Å². The molecule has 0 spiro atoms. The number of ether oxygens (including phenoxy) is 1. The van der Waals surface area contributed by atoms with Gasteiger partial charge in [0.15, 0.2) is 6.61 Å². The van der Waals surface area contributed by atoms with Gasteiger partial charge in [0, 0.05) is 17.6 Å². The van der Waals surface area contributed by atoms with Gasteiger partial charge < -0.3 is 15.0 Å². The van der Waals surface area contributed by atoms with Crippen molar-refractivity contribution in [2.75, 3.05) is 13.2 Å². The SMILES string of the molecule is Cc1cc(C)cc(C(=O)NCC(=O)OCC(=O)N2[C@H](C)CCC[C@@H]2C)c1. The summed E-state index contributed by atoms with van der Waals surface area (Å²) < 4.78 is 5.04. The zero-order valence-corrected chi connectivity index (χ0v) is 16.0. The molecule has 1 N–H and O–H groups in total. The van der Waals surface area contributed by atoms with Crippen LogP contribution in [0.3, 0.4) is 0 Å². The number of carbonyl (C=O) groups is 3. The summed E-state index contributed by atoms with van der Waals surface area (Å²) in [5.41, 5.74) is 2.46. The van der Waals surface area contributed by atoms with Gasteiger partial charge in [-0.25, -0.2) is 0 Å². The molecule has 26 heavy (non-hydrogen) atoms. The molecule has 6 nitrogen and oxygen atoms in total. The summed E-state index contributed by atoms with van der Waals surface area (Å²) in [7, 11) is 0. The number of aryl methyl sites for hydroxylation is 2. The van der Waals surface area contributed by atoms with E-state index in [9.17, 15) is 14.4 Å². The molecule has 1 fully saturated rings. The molecule has 2 amide bonds. The fraction of sp³-hybridized carbons (Fsp3) is 0.550. The summed E-state index contributed by atoms with van der Waals surface area (Å²) in [6.07, 6.45) is 3.04. The lowest BCUT2D eigenvalue weighted by Gasteiger charge is -2.38. The average molecular weight is 360 g/mol. The van der Waals surface area contributed by atoms with Gasteiger partial charge in [0.2, 0.25) is 0 Å². The first-order valence-electron chi connectivity index (χ1n) is 9.11. The first-order chi connectivity index (χ1) is 12.3. The minimum Gasteiger partial charge on any atom is -0.454 e. The molecule has 1 aliphatic heterocycles. The molecule has 0 aromatic heterocycles. The maximum Gasteiger partial charge on any atom is 0.325 e. The van der Waals surface area contributed by atoms with E-state index in [0.29, 0.717) is 5.56 Å². The second-order valence-corrected chi connectivity index (χ2v) is 7.15. The first kappa shape index (κ1) is 19.9. The summed E-state index contributed by atoms with van der Waals surface area (Å²) in [6.45, 7) is 7.30. The predicted molar refractivity (Wildman–Crippen MR) is 98.8 cm³/mol. The van der Waals surface area contributed by atoms with Crippen molar-refractivity contribution >= 4 is 17.8 Å². The number of carbonyl (C=O) groups excluding carboxylic acids is 3. The van der Waals surface area contributed by atoms with Gasteiger partial charge in [-0.05, 0) is 59.1 Å². The lowest BCUT2D eigenvalue weighted by Crippen LogP contribution is -2.49. The summed E-state index contributed by atoms with van der Waals surface area (Å²) >= 11 is 0. The Morgan fingerprint density at radius 1 is 1.08 bits per heavy atom. The Labute approximate surface area is 154 Å². The summed E-state index contributed by atoms with van der Waals surface area (Å²) in [5.74, 6) is -1.13. The number of hydrogen-bond donors (Lipinski definition) is 1. The molecule has 1 saturated heterocycles. The van der Waals surface area contributed by atoms with Crippen LogP contribution in [0.15, 0.2) is 18.2 Å².